The van der Waals surface area contributed by atoms with Crippen LogP contribution in [0.5, 0.6) is 6.01 Å². The molecule has 2 aromatic rings. The van der Waals surface area contributed by atoms with Crippen LogP contribution in [0.2, 0.25) is 0 Å². The lowest BCUT2D eigenvalue weighted by molar-refractivity contribution is -0.115. The van der Waals surface area contributed by atoms with Crippen molar-refractivity contribution in [1.29, 1.82) is 0 Å². The minimum Gasteiger partial charge on any atom is -0.463 e. The lowest BCUT2D eigenvalue weighted by Gasteiger charge is -2.28. The summed E-state index contributed by atoms with van der Waals surface area (Å²) in [5, 5.41) is 4.87. The molecule has 4 rings (SSSR count). The van der Waals surface area contributed by atoms with E-state index < -0.39 is 0 Å². The molecule has 1 aromatic heterocycles. The second kappa shape index (κ2) is 10.6. The van der Waals surface area contributed by atoms with Crippen molar-refractivity contribution in [3.05, 3.63) is 53.2 Å². The molecule has 2 aliphatic rings. The summed E-state index contributed by atoms with van der Waals surface area (Å²) < 4.78 is 11.4. The van der Waals surface area contributed by atoms with E-state index in [1.807, 2.05) is 43.2 Å². The van der Waals surface area contributed by atoms with Gasteiger partial charge in [0.25, 0.3) is 0 Å². The van der Waals surface area contributed by atoms with Gasteiger partial charge in [-0.05, 0) is 25.0 Å². The Morgan fingerprint density at radius 3 is 2.82 bits per heavy atom. The second-order valence-electron chi connectivity index (χ2n) is 8.47. The monoisotopic (exact) mass is 452 g/mol. The molecule has 0 bridgehead atoms. The molecule has 0 radical (unpaired) electrons. The van der Waals surface area contributed by atoms with Gasteiger partial charge >= 0.3 is 6.01 Å². The zero-order valence-electron chi connectivity index (χ0n) is 19.5. The molecule has 0 spiro atoms. The van der Waals surface area contributed by atoms with E-state index in [0.717, 1.165) is 36.5 Å². The maximum Gasteiger partial charge on any atom is 0.320 e. The Bertz CT molecular complexity index is 1010. The Labute approximate surface area is 194 Å². The third-order valence-corrected chi connectivity index (χ3v) is 5.68. The number of nitrogens with one attached hydrogen (secondary N) is 2. The zero-order chi connectivity index (χ0) is 23.2. The van der Waals surface area contributed by atoms with Gasteiger partial charge in [0.2, 0.25) is 5.91 Å². The Morgan fingerprint density at radius 1 is 1.27 bits per heavy atom. The quantitative estimate of drug-likeness (QED) is 0.631. The highest BCUT2D eigenvalue weighted by molar-refractivity contribution is 5.91. The summed E-state index contributed by atoms with van der Waals surface area (Å²) in [5.74, 6) is 1.04. The van der Waals surface area contributed by atoms with Gasteiger partial charge < -0.3 is 24.7 Å². The number of amides is 1. The number of carbonyl (C=O) groups is 1. The van der Waals surface area contributed by atoms with Crippen LogP contribution in [0, 0.1) is 6.92 Å². The molecule has 9 nitrogen and oxygen atoms in total. The van der Waals surface area contributed by atoms with Crippen LogP contribution >= 0.6 is 0 Å². The number of hydrogen-bond acceptors (Lipinski definition) is 8. The molecule has 1 unspecified atom stereocenters. The molecular weight excluding hydrogens is 420 g/mol. The number of aromatic nitrogens is 2. The Kier molecular flexibility index (Phi) is 7.41. The van der Waals surface area contributed by atoms with Crippen LogP contribution in [-0.2, 0) is 16.0 Å². The third kappa shape index (κ3) is 6.43. The van der Waals surface area contributed by atoms with Gasteiger partial charge in [0.15, 0.2) is 0 Å². The van der Waals surface area contributed by atoms with E-state index in [1.165, 1.54) is 5.57 Å². The number of ether oxygens (including phenoxy) is 2. The summed E-state index contributed by atoms with van der Waals surface area (Å²) in [6.07, 6.45) is 3.12. The lowest BCUT2D eigenvalue weighted by atomic mass is 10.1. The van der Waals surface area contributed by atoms with E-state index >= 15 is 0 Å². The average molecular weight is 453 g/mol. The van der Waals surface area contributed by atoms with Crippen LogP contribution in [-0.4, -0.2) is 66.9 Å². The average Bonchev–Trinajstić information content (AvgIpc) is 3.11. The van der Waals surface area contributed by atoms with Gasteiger partial charge in [0.05, 0.1) is 26.2 Å². The second-order valence-corrected chi connectivity index (χ2v) is 8.47. The topological polar surface area (TPSA) is 91.9 Å². The number of benzene rings is 1. The highest BCUT2D eigenvalue weighted by Gasteiger charge is 2.19. The maximum atomic E-state index is 12.7. The van der Waals surface area contributed by atoms with E-state index in [0.29, 0.717) is 25.6 Å². The molecule has 3 heterocycles. The first-order chi connectivity index (χ1) is 16.0. The van der Waals surface area contributed by atoms with Crippen molar-refractivity contribution in [2.24, 2.45) is 0 Å². The molecule has 0 saturated carbocycles. The predicted octanol–water partition coefficient (Wildman–Crippen LogP) is 2.29. The van der Waals surface area contributed by atoms with Crippen molar-refractivity contribution in [3.63, 3.8) is 0 Å². The van der Waals surface area contributed by atoms with E-state index in [1.54, 1.807) is 6.07 Å². The largest absolute Gasteiger partial charge is 0.463 e. The summed E-state index contributed by atoms with van der Waals surface area (Å²) in [6.45, 7) is 7.33. The van der Waals surface area contributed by atoms with Crippen molar-refractivity contribution in [2.45, 2.75) is 32.7 Å². The first-order valence-electron chi connectivity index (χ1n) is 11.4. The maximum absolute atomic E-state index is 12.7. The van der Waals surface area contributed by atoms with Crippen LogP contribution in [0.25, 0.3) is 0 Å². The molecular formula is C24H32N6O3. The van der Waals surface area contributed by atoms with Crippen molar-refractivity contribution in [3.8, 4) is 6.01 Å². The van der Waals surface area contributed by atoms with E-state index in [4.69, 9.17) is 9.47 Å². The van der Waals surface area contributed by atoms with Crippen molar-refractivity contribution >= 4 is 17.5 Å². The van der Waals surface area contributed by atoms with Gasteiger partial charge in [-0.3, -0.25) is 4.79 Å². The van der Waals surface area contributed by atoms with Crippen molar-refractivity contribution < 1.29 is 14.3 Å². The molecule has 9 heteroatoms. The van der Waals surface area contributed by atoms with Crippen LogP contribution in [0.4, 0.5) is 11.6 Å². The zero-order valence-corrected chi connectivity index (χ0v) is 19.5. The van der Waals surface area contributed by atoms with Crippen molar-refractivity contribution in [2.75, 3.05) is 50.2 Å². The highest BCUT2D eigenvalue weighted by atomic mass is 16.5. The number of hydrogen-bond donors (Lipinski definition) is 2. The highest BCUT2D eigenvalue weighted by Crippen LogP contribution is 2.22. The molecule has 1 aromatic carbocycles. The van der Waals surface area contributed by atoms with Gasteiger partial charge in [-0.15, -0.1) is 0 Å². The fraction of sp³-hybridized carbons (Fsp3) is 0.458. The molecule has 1 saturated heterocycles. The number of rotatable bonds is 8. The Hall–Kier alpha value is -3.17. The van der Waals surface area contributed by atoms with Crippen LogP contribution in [0.3, 0.4) is 0 Å². The molecule has 1 fully saturated rings. The number of hydrazine groups is 1. The molecule has 0 aliphatic carbocycles. The van der Waals surface area contributed by atoms with Crippen LogP contribution in [0.1, 0.15) is 24.5 Å². The van der Waals surface area contributed by atoms with Gasteiger partial charge in [-0.2, -0.15) is 9.97 Å². The fourth-order valence-electron chi connectivity index (χ4n) is 4.02. The van der Waals surface area contributed by atoms with E-state index in [9.17, 15) is 4.79 Å². The number of aryl methyl sites for hydroxylation is 1. The van der Waals surface area contributed by atoms with Crippen LogP contribution in [0.15, 0.2) is 42.1 Å². The molecule has 1 atom stereocenters. The Morgan fingerprint density at radius 2 is 2.09 bits per heavy atom. The Balaban J connectivity index is 1.45. The number of nitrogens with zero attached hydrogens (tertiary/aromatic N) is 4. The summed E-state index contributed by atoms with van der Waals surface area (Å²) >= 11 is 0. The third-order valence-electron chi connectivity index (χ3n) is 5.68. The molecule has 1 amide bonds. The first kappa shape index (κ1) is 23.0. The fourth-order valence-corrected chi connectivity index (χ4v) is 4.02. The van der Waals surface area contributed by atoms with Gasteiger partial charge in [0, 0.05) is 44.9 Å². The normalized spacial score (nSPS) is 18.3. The van der Waals surface area contributed by atoms with Gasteiger partial charge in [-0.1, -0.05) is 29.8 Å². The van der Waals surface area contributed by atoms with E-state index in [-0.39, 0.29) is 24.4 Å². The lowest BCUT2D eigenvalue weighted by Crippen LogP contribution is -2.37. The molecule has 176 valence electrons. The molecule has 33 heavy (non-hydrogen) atoms. The number of morpholine rings is 1. The first-order valence-corrected chi connectivity index (χ1v) is 11.4. The summed E-state index contributed by atoms with van der Waals surface area (Å²) in [4.78, 5) is 23.9. The summed E-state index contributed by atoms with van der Waals surface area (Å²) in [5.41, 5.74) is 6.66. The van der Waals surface area contributed by atoms with Crippen LogP contribution < -0.4 is 20.4 Å². The minimum atomic E-state index is -0.128. The SMILES string of the molecule is Cc1cccc(CC(=O)Nc2cc(N3CCOCC3)nc(OCCC3=CN(C)NC3C)n2)c1. The minimum absolute atomic E-state index is 0.128. The van der Waals surface area contributed by atoms with Crippen molar-refractivity contribution in [1.82, 2.24) is 20.4 Å². The summed E-state index contributed by atoms with van der Waals surface area (Å²) in [6, 6.07) is 10.3. The predicted molar refractivity (Wildman–Crippen MR) is 127 cm³/mol. The molecule has 2 aliphatic heterocycles. The van der Waals surface area contributed by atoms with E-state index in [2.05, 4.69) is 38.7 Å². The number of anilines is 2. The van der Waals surface area contributed by atoms with Gasteiger partial charge in [-0.25, -0.2) is 5.43 Å². The smallest absolute Gasteiger partial charge is 0.320 e. The number of carbonyl (C=O) groups excluding carboxylic acids is 1. The standard InChI is InChI=1S/C24H32N6O3/c1-17-5-4-6-19(13-17)14-23(31)25-21-15-22(30-8-11-32-12-9-30)27-24(26-21)33-10-7-20-16-29(3)28-18(20)2/h4-6,13,15-16,18,28H,7-12,14H2,1-3H3,(H,25,26,27,31). The van der Waals surface area contributed by atoms with Gasteiger partial charge in [0.1, 0.15) is 11.6 Å². The molecule has 2 N–H and O–H groups in total. The summed E-state index contributed by atoms with van der Waals surface area (Å²) in [7, 11) is 1.98.